The van der Waals surface area contributed by atoms with Crippen molar-refractivity contribution in [2.45, 2.75) is 104 Å². The Bertz CT molecular complexity index is 1890. The molecular formula is C20H2F34O4S3. The lowest BCUT2D eigenvalue weighted by Crippen LogP contribution is -2.75. The van der Waals surface area contributed by atoms with Gasteiger partial charge in [-0.3, -0.25) is 0 Å². The van der Waals surface area contributed by atoms with Crippen LogP contribution in [0, 0.1) is 0 Å². The highest BCUT2D eigenvalue weighted by molar-refractivity contribution is 7.95. The first kappa shape index (κ1) is 56.2. The molecule has 0 aliphatic carbocycles. The summed E-state index contributed by atoms with van der Waals surface area (Å²) in [6.45, 7) is 0. The molecule has 0 saturated heterocycles. The molecule has 1 heterocycles. The molecule has 0 aliphatic heterocycles. The van der Waals surface area contributed by atoms with Crippen molar-refractivity contribution < 1.29 is 166 Å². The van der Waals surface area contributed by atoms with E-state index in [4.69, 9.17) is 0 Å². The number of alkyl halides is 34. The van der Waals surface area contributed by atoms with Crippen LogP contribution in [0.2, 0.25) is 0 Å². The molecule has 0 saturated carbocycles. The third-order valence-electron chi connectivity index (χ3n) is 7.23. The summed E-state index contributed by atoms with van der Waals surface area (Å²) in [6.07, 6.45) is -16.6. The van der Waals surface area contributed by atoms with Gasteiger partial charge in [0.15, 0.2) is 0 Å². The Hall–Kier alpha value is -2.78. The monoisotopic (exact) mass is 1050 g/mol. The Morgan fingerprint density at radius 3 is 0.574 bits per heavy atom. The summed E-state index contributed by atoms with van der Waals surface area (Å²) in [5.74, 6) is -112. The molecule has 0 N–H and O–H groups in total. The van der Waals surface area contributed by atoms with E-state index in [1.54, 1.807) is 0 Å². The van der Waals surface area contributed by atoms with E-state index in [0.29, 0.717) is 0 Å². The topological polar surface area (TPSA) is 68.3 Å². The zero-order valence-electron chi connectivity index (χ0n) is 25.9. The summed E-state index contributed by atoms with van der Waals surface area (Å²) >= 11 is -1.48. The molecule has 0 amide bonds. The zero-order chi connectivity index (χ0) is 50.3. The predicted molar refractivity (Wildman–Crippen MR) is 120 cm³/mol. The van der Waals surface area contributed by atoms with E-state index in [0.717, 1.165) is 0 Å². The average Bonchev–Trinajstić information content (AvgIpc) is 3.54. The molecule has 0 unspecified atom stereocenters. The number of halogens is 34. The normalized spacial score (nSPS) is 17.0. The van der Waals surface area contributed by atoms with Gasteiger partial charge >= 0.3 is 93.9 Å². The zero-order valence-corrected chi connectivity index (χ0v) is 28.3. The van der Waals surface area contributed by atoms with Gasteiger partial charge in [0.05, 0.1) is 0 Å². The van der Waals surface area contributed by atoms with E-state index in [1.807, 2.05) is 0 Å². The van der Waals surface area contributed by atoms with Crippen molar-refractivity contribution in [3.63, 3.8) is 0 Å². The van der Waals surface area contributed by atoms with Crippen LogP contribution in [0.1, 0.15) is 0 Å². The predicted octanol–water partition coefficient (Wildman–Crippen LogP) is 11.2. The van der Waals surface area contributed by atoms with Crippen LogP contribution in [-0.4, -0.2) is 111 Å². The van der Waals surface area contributed by atoms with Crippen molar-refractivity contribution in [2.75, 3.05) is 0 Å². The average molecular weight is 1050 g/mol. The van der Waals surface area contributed by atoms with Crippen molar-refractivity contribution >= 4 is 31.0 Å². The third kappa shape index (κ3) is 6.55. The summed E-state index contributed by atoms with van der Waals surface area (Å²) in [6, 6.07) is 0. The minimum Gasteiger partial charge on any atom is -0.217 e. The largest absolute Gasteiger partial charge is 0.460 e. The molecule has 1 aromatic rings. The number of hydrogen-bond donors (Lipinski definition) is 0. The van der Waals surface area contributed by atoms with Crippen LogP contribution in [0.4, 0.5) is 149 Å². The number of thiophene rings is 1. The molecule has 61 heavy (non-hydrogen) atoms. The van der Waals surface area contributed by atoms with Gasteiger partial charge in [-0.05, 0) is 0 Å². The highest BCUT2D eigenvalue weighted by Gasteiger charge is 2.98. The minimum absolute atomic E-state index is 1.48. The molecule has 0 bridgehead atoms. The summed E-state index contributed by atoms with van der Waals surface area (Å²) in [5.41, 5.74) is 0. The standard InChI is InChI=1S/C20H2F34O4S3/c21-5(22,9(29,30)13(37,38)17(45,46)47)7(25,26)11(33,34)15(41,42)19(51,52)60(55,56)3-1-59-2-4(3)61(57,58)20(53,54)16(43,44)12(35,36)8(27,28)6(23,24)10(31,32)14(39,40)18(48,49)50/h1-2H. The van der Waals surface area contributed by atoms with Gasteiger partial charge in [-0.25, -0.2) is 16.8 Å². The van der Waals surface area contributed by atoms with Crippen LogP contribution >= 0.6 is 11.3 Å². The second kappa shape index (κ2) is 13.9. The molecule has 0 spiro atoms. The third-order valence-corrected chi connectivity index (χ3v) is 12.1. The van der Waals surface area contributed by atoms with Gasteiger partial charge in [0.25, 0.3) is 19.7 Å². The molecule has 0 fully saturated rings. The van der Waals surface area contributed by atoms with E-state index in [9.17, 15) is 166 Å². The minimum atomic E-state index is -9.63. The second-order valence-electron chi connectivity index (χ2n) is 11.0. The SMILES string of the molecule is O=S(=O)(c1cscc1S(=O)(=O)C(F)(F)C(F)(F)C(F)(F)C(F)(F)C(F)(F)C(F)(F)C(F)(F)C(F)(F)F)C(F)(F)C(F)(F)C(F)(F)C(F)(F)C(F)(F)C(F)(F)C(F)(F)C(F)(F)F. The molecule has 1 rings (SSSR count). The molecule has 1 aromatic heterocycles. The Balaban J connectivity index is 4.17. The smallest absolute Gasteiger partial charge is 0.217 e. The van der Waals surface area contributed by atoms with Crippen LogP contribution in [0.25, 0.3) is 0 Å². The Morgan fingerprint density at radius 1 is 0.262 bits per heavy atom. The van der Waals surface area contributed by atoms with Gasteiger partial charge < -0.3 is 0 Å². The van der Waals surface area contributed by atoms with Crippen molar-refractivity contribution in [3.05, 3.63) is 10.8 Å². The molecule has 4 nitrogen and oxygen atoms in total. The number of hydrogen-bond acceptors (Lipinski definition) is 5. The maximum atomic E-state index is 14.6. The number of sulfone groups is 2. The first-order valence-electron chi connectivity index (χ1n) is 12.7. The van der Waals surface area contributed by atoms with Gasteiger partial charge in [0, 0.05) is 10.8 Å². The summed E-state index contributed by atoms with van der Waals surface area (Å²) in [4.78, 5) is -8.46. The molecular weight excluding hydrogens is 1050 g/mol. The van der Waals surface area contributed by atoms with Gasteiger partial charge in [-0.15, -0.1) is 11.3 Å². The Labute approximate surface area is 312 Å². The van der Waals surface area contributed by atoms with Crippen molar-refractivity contribution in [1.29, 1.82) is 0 Å². The number of rotatable bonds is 16. The van der Waals surface area contributed by atoms with Gasteiger partial charge in [0.1, 0.15) is 9.79 Å². The lowest BCUT2D eigenvalue weighted by molar-refractivity contribution is -0.458. The lowest BCUT2D eigenvalue weighted by Gasteiger charge is -2.42. The lowest BCUT2D eigenvalue weighted by atomic mass is 9.91. The summed E-state index contributed by atoms with van der Waals surface area (Å²) < 4.78 is 509. The molecule has 0 aromatic carbocycles. The van der Waals surface area contributed by atoms with Gasteiger partial charge in [0.2, 0.25) is 0 Å². The fourth-order valence-electron chi connectivity index (χ4n) is 3.58. The Morgan fingerprint density at radius 2 is 0.410 bits per heavy atom. The maximum Gasteiger partial charge on any atom is 0.460 e. The van der Waals surface area contributed by atoms with E-state index in [1.165, 1.54) is 0 Å². The fraction of sp³-hybridized carbons (Fsp3) is 0.800. The van der Waals surface area contributed by atoms with Crippen molar-refractivity contribution in [1.82, 2.24) is 0 Å². The van der Waals surface area contributed by atoms with E-state index in [2.05, 4.69) is 0 Å². The Kier molecular flexibility index (Phi) is 12.8. The fourth-order valence-corrected chi connectivity index (χ4v) is 8.43. The first-order valence-corrected chi connectivity index (χ1v) is 16.6. The van der Waals surface area contributed by atoms with E-state index < -0.39 is 145 Å². The molecule has 362 valence electrons. The summed E-state index contributed by atoms with van der Waals surface area (Å²) in [7, 11) is -18.5. The van der Waals surface area contributed by atoms with Crippen LogP contribution < -0.4 is 0 Å². The van der Waals surface area contributed by atoms with E-state index in [-0.39, 0.29) is 0 Å². The van der Waals surface area contributed by atoms with Crippen LogP contribution in [-0.2, 0) is 19.7 Å². The summed E-state index contributed by atoms with van der Waals surface area (Å²) in [5, 5.41) is -20.9. The first-order chi connectivity index (χ1) is 25.7. The highest BCUT2D eigenvalue weighted by atomic mass is 32.2. The molecule has 0 aliphatic rings. The quantitative estimate of drug-likeness (QED) is 0.155. The molecule has 41 heteroatoms. The van der Waals surface area contributed by atoms with Crippen LogP contribution in [0.5, 0.6) is 0 Å². The van der Waals surface area contributed by atoms with Crippen LogP contribution in [0.3, 0.4) is 0 Å². The second-order valence-corrected chi connectivity index (χ2v) is 15.7. The highest BCUT2D eigenvalue weighted by Crippen LogP contribution is 2.67. The molecule has 0 atom stereocenters. The van der Waals surface area contributed by atoms with Gasteiger partial charge in [-0.2, -0.15) is 149 Å². The van der Waals surface area contributed by atoms with Gasteiger partial charge in [-0.1, -0.05) is 0 Å². The maximum absolute atomic E-state index is 14.6. The van der Waals surface area contributed by atoms with Crippen molar-refractivity contribution in [2.24, 2.45) is 0 Å². The van der Waals surface area contributed by atoms with E-state index >= 15 is 0 Å². The van der Waals surface area contributed by atoms with Crippen LogP contribution in [0.15, 0.2) is 20.6 Å². The molecule has 0 radical (unpaired) electrons. The van der Waals surface area contributed by atoms with Crippen molar-refractivity contribution in [3.8, 4) is 0 Å².